The highest BCUT2D eigenvalue weighted by molar-refractivity contribution is 7.89. The maximum absolute atomic E-state index is 12.2. The van der Waals surface area contributed by atoms with Crippen LogP contribution in [0.1, 0.15) is 19.3 Å². The van der Waals surface area contributed by atoms with Crippen molar-refractivity contribution in [1.82, 2.24) is 14.3 Å². The lowest BCUT2D eigenvalue weighted by Crippen LogP contribution is -2.32. The van der Waals surface area contributed by atoms with Crippen LogP contribution in [0.15, 0.2) is 11.4 Å². The first-order valence-electron chi connectivity index (χ1n) is 6.16. The van der Waals surface area contributed by atoms with Crippen molar-refractivity contribution >= 4 is 15.8 Å². The Hall–Kier alpha value is -1.12. The Bertz CT molecular complexity index is 529. The van der Waals surface area contributed by atoms with Crippen LogP contribution in [0.5, 0.6) is 0 Å². The summed E-state index contributed by atoms with van der Waals surface area (Å²) in [5.41, 5.74) is 5.64. The summed E-state index contributed by atoms with van der Waals surface area (Å²) in [7, 11) is -0.356. The molecular weight excluding hydrogens is 268 g/mol. The van der Waals surface area contributed by atoms with E-state index in [1.54, 1.807) is 14.2 Å². The molecule has 0 atom stereocenters. The molecule has 0 radical (unpaired) electrons. The van der Waals surface area contributed by atoms with Crippen molar-refractivity contribution in [2.75, 3.05) is 26.0 Å². The van der Waals surface area contributed by atoms with Crippen LogP contribution in [0.3, 0.4) is 0 Å². The molecule has 7 nitrogen and oxygen atoms in total. The maximum atomic E-state index is 12.2. The van der Waals surface area contributed by atoms with Gasteiger partial charge in [-0.15, -0.1) is 0 Å². The molecular formula is C11H20N4O3S. The second-order valence-electron chi connectivity index (χ2n) is 5.11. The Kier molecular flexibility index (Phi) is 3.84. The Labute approximate surface area is 113 Å². The van der Waals surface area contributed by atoms with E-state index < -0.39 is 10.0 Å². The Morgan fingerprint density at radius 1 is 1.58 bits per heavy atom. The first-order valence-corrected chi connectivity index (χ1v) is 7.64. The largest absolute Gasteiger partial charge is 0.385 e. The van der Waals surface area contributed by atoms with Gasteiger partial charge in [-0.25, -0.2) is 18.1 Å². The van der Waals surface area contributed by atoms with Crippen molar-refractivity contribution in [3.05, 3.63) is 6.33 Å². The van der Waals surface area contributed by atoms with E-state index in [9.17, 15) is 8.42 Å². The molecule has 1 saturated carbocycles. The van der Waals surface area contributed by atoms with Gasteiger partial charge in [0.2, 0.25) is 0 Å². The van der Waals surface area contributed by atoms with E-state index in [2.05, 4.69) is 9.71 Å². The summed E-state index contributed by atoms with van der Waals surface area (Å²) in [6.45, 7) is 1.07. The van der Waals surface area contributed by atoms with Crippen LogP contribution in [0.25, 0.3) is 0 Å². The van der Waals surface area contributed by atoms with E-state index in [0.717, 1.165) is 19.3 Å². The average Bonchev–Trinajstić information content (AvgIpc) is 3.04. The lowest BCUT2D eigenvalue weighted by atomic mass is 10.0. The quantitative estimate of drug-likeness (QED) is 0.741. The average molecular weight is 288 g/mol. The number of hydrogen-bond acceptors (Lipinski definition) is 5. The van der Waals surface area contributed by atoms with Gasteiger partial charge in [-0.1, -0.05) is 0 Å². The minimum atomic E-state index is -3.61. The lowest BCUT2D eigenvalue weighted by molar-refractivity contribution is 0.173. The molecule has 0 unspecified atom stereocenters. The van der Waals surface area contributed by atoms with Gasteiger partial charge in [0.05, 0.1) is 6.33 Å². The molecule has 0 saturated heterocycles. The number of methoxy groups -OCH3 is 1. The molecule has 1 aliphatic rings. The van der Waals surface area contributed by atoms with Crippen molar-refractivity contribution in [3.63, 3.8) is 0 Å². The first kappa shape index (κ1) is 14.3. The molecule has 0 aromatic carbocycles. The fraction of sp³-hybridized carbons (Fsp3) is 0.727. The molecule has 1 aromatic rings. The number of imidazole rings is 1. The van der Waals surface area contributed by atoms with Gasteiger partial charge in [-0.05, 0) is 24.7 Å². The van der Waals surface area contributed by atoms with Gasteiger partial charge in [-0.3, -0.25) is 0 Å². The van der Waals surface area contributed by atoms with Gasteiger partial charge in [0.15, 0.2) is 10.8 Å². The number of aryl methyl sites for hydroxylation is 1. The zero-order valence-corrected chi connectivity index (χ0v) is 12.0. The minimum absolute atomic E-state index is 0.0232. The second kappa shape index (κ2) is 5.10. The van der Waals surface area contributed by atoms with Gasteiger partial charge < -0.3 is 15.0 Å². The third-order valence-corrected chi connectivity index (χ3v) is 5.13. The zero-order valence-electron chi connectivity index (χ0n) is 11.2. The number of nitrogens with one attached hydrogen (secondary N) is 1. The van der Waals surface area contributed by atoms with Crippen LogP contribution in [0.2, 0.25) is 0 Å². The van der Waals surface area contributed by atoms with Crippen molar-refractivity contribution in [2.24, 2.45) is 12.5 Å². The highest BCUT2D eigenvalue weighted by Crippen LogP contribution is 2.48. The van der Waals surface area contributed by atoms with Crippen LogP contribution in [-0.4, -0.2) is 38.2 Å². The molecule has 0 bridgehead atoms. The molecule has 1 aliphatic carbocycles. The standard InChI is InChI=1S/C11H20N4O3S/c1-15-8-13-9(12)10(15)19(16,17)14-7-11(3-4-11)5-6-18-2/h8,14H,3-7,12H2,1-2H3. The number of anilines is 1. The Balaban J connectivity index is 2.03. The summed E-state index contributed by atoms with van der Waals surface area (Å²) in [6, 6.07) is 0. The van der Waals surface area contributed by atoms with E-state index in [4.69, 9.17) is 10.5 Å². The lowest BCUT2D eigenvalue weighted by Gasteiger charge is -2.15. The zero-order chi connectivity index (χ0) is 14.1. The van der Waals surface area contributed by atoms with Gasteiger partial charge in [0.1, 0.15) is 0 Å². The Morgan fingerprint density at radius 3 is 2.74 bits per heavy atom. The van der Waals surface area contributed by atoms with Crippen LogP contribution in [0.4, 0.5) is 5.82 Å². The van der Waals surface area contributed by atoms with Crippen LogP contribution < -0.4 is 10.5 Å². The van der Waals surface area contributed by atoms with Crippen LogP contribution in [0, 0.1) is 5.41 Å². The number of hydrogen-bond donors (Lipinski definition) is 2. The van der Waals surface area contributed by atoms with Crippen molar-refractivity contribution in [1.29, 1.82) is 0 Å². The topological polar surface area (TPSA) is 99.2 Å². The minimum Gasteiger partial charge on any atom is -0.385 e. The molecule has 1 aromatic heterocycles. The molecule has 108 valence electrons. The Morgan fingerprint density at radius 2 is 2.26 bits per heavy atom. The predicted molar refractivity (Wildman–Crippen MR) is 71.0 cm³/mol. The van der Waals surface area contributed by atoms with E-state index >= 15 is 0 Å². The van der Waals surface area contributed by atoms with Crippen molar-refractivity contribution < 1.29 is 13.2 Å². The number of nitrogens with zero attached hydrogens (tertiary/aromatic N) is 2. The summed E-state index contributed by atoms with van der Waals surface area (Å²) < 4.78 is 33.5. The summed E-state index contributed by atoms with van der Waals surface area (Å²) in [4.78, 5) is 3.79. The molecule has 19 heavy (non-hydrogen) atoms. The summed E-state index contributed by atoms with van der Waals surface area (Å²) in [5, 5.41) is 0.0232. The maximum Gasteiger partial charge on any atom is 0.260 e. The molecule has 3 N–H and O–H groups in total. The molecule has 1 fully saturated rings. The molecule has 0 spiro atoms. The van der Waals surface area contributed by atoms with Crippen LogP contribution >= 0.6 is 0 Å². The normalized spacial score (nSPS) is 17.6. The second-order valence-corrected chi connectivity index (χ2v) is 6.80. The fourth-order valence-corrected chi connectivity index (χ4v) is 3.48. The van der Waals surface area contributed by atoms with Gasteiger partial charge in [0.25, 0.3) is 10.0 Å². The van der Waals surface area contributed by atoms with Crippen molar-refractivity contribution in [3.8, 4) is 0 Å². The highest BCUT2D eigenvalue weighted by atomic mass is 32.2. The third kappa shape index (κ3) is 3.07. The first-order chi connectivity index (χ1) is 8.90. The third-order valence-electron chi connectivity index (χ3n) is 3.59. The van der Waals surface area contributed by atoms with E-state index in [0.29, 0.717) is 13.2 Å². The monoisotopic (exact) mass is 288 g/mol. The number of aromatic nitrogens is 2. The van der Waals surface area contributed by atoms with Gasteiger partial charge in [0, 0.05) is 27.3 Å². The number of nitrogen functional groups attached to an aromatic ring is 1. The summed E-state index contributed by atoms with van der Waals surface area (Å²) in [5.74, 6) is 0.0248. The van der Waals surface area contributed by atoms with E-state index in [1.807, 2.05) is 0 Å². The number of sulfonamides is 1. The van der Waals surface area contributed by atoms with Crippen molar-refractivity contribution in [2.45, 2.75) is 24.3 Å². The number of ether oxygens (including phenoxy) is 1. The van der Waals surface area contributed by atoms with Gasteiger partial charge >= 0.3 is 0 Å². The molecule has 1 heterocycles. The summed E-state index contributed by atoms with van der Waals surface area (Å²) in [6.07, 6.45) is 4.31. The van der Waals surface area contributed by atoms with Gasteiger partial charge in [-0.2, -0.15) is 0 Å². The molecule has 2 rings (SSSR count). The van der Waals surface area contributed by atoms with E-state index in [1.165, 1.54) is 10.9 Å². The fourth-order valence-electron chi connectivity index (χ4n) is 2.09. The number of nitrogens with two attached hydrogens (primary N) is 1. The highest BCUT2D eigenvalue weighted by Gasteiger charge is 2.43. The number of rotatable bonds is 7. The SMILES string of the molecule is COCCC1(CNS(=O)(=O)c2c(N)ncn2C)CC1. The molecule has 0 aliphatic heterocycles. The molecule has 8 heteroatoms. The van der Waals surface area contributed by atoms with E-state index in [-0.39, 0.29) is 16.3 Å². The smallest absolute Gasteiger partial charge is 0.260 e. The summed E-state index contributed by atoms with van der Waals surface area (Å²) >= 11 is 0. The molecule has 0 amide bonds. The predicted octanol–water partition coefficient (Wildman–Crippen LogP) is 0.0973. The van der Waals surface area contributed by atoms with Crippen LogP contribution in [-0.2, 0) is 21.8 Å².